The number of nitrogens with zero attached hydrogens (tertiary/aromatic N) is 4. The lowest BCUT2D eigenvalue weighted by Gasteiger charge is -2.21. The molecule has 1 unspecified atom stereocenters. The zero-order chi connectivity index (χ0) is 17.5. The fraction of sp³-hybridized carbons (Fsp3) is 0.312. The highest BCUT2D eigenvalue weighted by atomic mass is 32.2. The van der Waals surface area contributed by atoms with E-state index in [1.165, 1.54) is 32.4 Å². The van der Waals surface area contributed by atoms with Crippen molar-refractivity contribution >= 4 is 27.6 Å². The molecular formula is C16H18N4O3S. The standard InChI is InChI=1S/C16H18N4O3S/c1-11-9-13-10-14(5-6-15(13)20(11)12(2)21)24(22,23)19(3)16-17-7-4-8-18-16/h4-8,10-11H,9H2,1-3H3. The van der Waals surface area contributed by atoms with Crippen LogP contribution >= 0.6 is 0 Å². The van der Waals surface area contributed by atoms with Gasteiger partial charge in [-0.1, -0.05) is 0 Å². The third-order valence-corrected chi connectivity index (χ3v) is 5.83. The lowest BCUT2D eigenvalue weighted by atomic mass is 10.1. The first-order chi connectivity index (χ1) is 11.3. The Kier molecular flexibility index (Phi) is 4.00. The highest BCUT2D eigenvalue weighted by molar-refractivity contribution is 7.92. The summed E-state index contributed by atoms with van der Waals surface area (Å²) >= 11 is 0. The third kappa shape index (κ3) is 2.62. The molecule has 1 aromatic heterocycles. The normalized spacial score (nSPS) is 16.8. The number of carbonyl (C=O) groups excluding carboxylic acids is 1. The van der Waals surface area contributed by atoms with E-state index in [1.54, 1.807) is 23.1 Å². The maximum atomic E-state index is 12.8. The molecule has 0 aliphatic carbocycles. The molecule has 1 atom stereocenters. The van der Waals surface area contributed by atoms with E-state index >= 15 is 0 Å². The fourth-order valence-corrected chi connectivity index (χ4v) is 4.12. The number of hydrogen-bond donors (Lipinski definition) is 0. The first kappa shape index (κ1) is 16.4. The molecule has 1 amide bonds. The summed E-state index contributed by atoms with van der Waals surface area (Å²) in [5.74, 6) is 0.0587. The van der Waals surface area contributed by atoms with Crippen LogP contribution in [0.2, 0.25) is 0 Å². The second-order valence-corrected chi connectivity index (χ2v) is 7.72. The molecule has 0 saturated carbocycles. The Labute approximate surface area is 141 Å². The van der Waals surface area contributed by atoms with Gasteiger partial charge in [-0.25, -0.2) is 22.7 Å². The summed E-state index contributed by atoms with van der Waals surface area (Å²) in [7, 11) is -2.34. The zero-order valence-corrected chi connectivity index (χ0v) is 14.5. The number of fused-ring (bicyclic) bond motifs is 1. The minimum absolute atomic E-state index is 0.0191. The van der Waals surface area contributed by atoms with Crippen molar-refractivity contribution in [2.45, 2.75) is 31.2 Å². The van der Waals surface area contributed by atoms with Crippen molar-refractivity contribution in [1.29, 1.82) is 0 Å². The van der Waals surface area contributed by atoms with Gasteiger partial charge in [0, 0.05) is 38.1 Å². The molecule has 2 aromatic rings. The minimum Gasteiger partial charge on any atom is -0.309 e. The van der Waals surface area contributed by atoms with Crippen molar-refractivity contribution in [3.63, 3.8) is 0 Å². The Morgan fingerprint density at radius 3 is 2.58 bits per heavy atom. The average molecular weight is 346 g/mol. The Bertz CT molecular complexity index is 883. The van der Waals surface area contributed by atoms with Gasteiger partial charge in [0.05, 0.1) is 4.90 Å². The molecule has 2 heterocycles. The summed E-state index contributed by atoms with van der Waals surface area (Å²) in [6.45, 7) is 3.45. The number of carbonyl (C=O) groups is 1. The average Bonchev–Trinajstić information content (AvgIpc) is 2.89. The van der Waals surface area contributed by atoms with Gasteiger partial charge in [0.15, 0.2) is 0 Å². The molecule has 0 bridgehead atoms. The van der Waals surface area contributed by atoms with Crippen LogP contribution in [0.3, 0.4) is 0 Å². The van der Waals surface area contributed by atoms with Crippen LogP contribution in [0.25, 0.3) is 0 Å². The maximum Gasteiger partial charge on any atom is 0.266 e. The van der Waals surface area contributed by atoms with E-state index in [0.717, 1.165) is 15.6 Å². The highest BCUT2D eigenvalue weighted by Gasteiger charge is 2.31. The maximum absolute atomic E-state index is 12.8. The van der Waals surface area contributed by atoms with Crippen molar-refractivity contribution < 1.29 is 13.2 Å². The van der Waals surface area contributed by atoms with Gasteiger partial charge in [-0.2, -0.15) is 0 Å². The first-order valence-corrected chi connectivity index (χ1v) is 8.95. The van der Waals surface area contributed by atoms with Crippen LogP contribution in [-0.4, -0.2) is 37.4 Å². The molecule has 1 aliphatic rings. The minimum atomic E-state index is -3.76. The van der Waals surface area contributed by atoms with Gasteiger partial charge in [-0.3, -0.25) is 4.79 Å². The molecule has 7 nitrogen and oxygen atoms in total. The van der Waals surface area contributed by atoms with Crippen molar-refractivity contribution in [2.75, 3.05) is 16.3 Å². The van der Waals surface area contributed by atoms with Gasteiger partial charge in [-0.05, 0) is 43.2 Å². The van der Waals surface area contributed by atoms with E-state index in [1.807, 2.05) is 6.92 Å². The molecule has 1 aromatic carbocycles. The van der Waals surface area contributed by atoms with Gasteiger partial charge in [0.2, 0.25) is 11.9 Å². The van der Waals surface area contributed by atoms with Crippen molar-refractivity contribution in [2.24, 2.45) is 0 Å². The topological polar surface area (TPSA) is 83.5 Å². The Hall–Kier alpha value is -2.48. The van der Waals surface area contributed by atoms with E-state index in [2.05, 4.69) is 9.97 Å². The molecule has 126 valence electrons. The molecule has 3 rings (SSSR count). The van der Waals surface area contributed by atoms with Crippen LogP contribution < -0.4 is 9.21 Å². The number of amides is 1. The Morgan fingerprint density at radius 2 is 1.96 bits per heavy atom. The largest absolute Gasteiger partial charge is 0.309 e. The summed E-state index contributed by atoms with van der Waals surface area (Å²) in [5, 5.41) is 0. The monoisotopic (exact) mass is 346 g/mol. The van der Waals surface area contributed by atoms with Crippen LogP contribution in [0.1, 0.15) is 19.4 Å². The molecule has 1 aliphatic heterocycles. The molecule has 0 N–H and O–H groups in total. The van der Waals surface area contributed by atoms with Gasteiger partial charge in [-0.15, -0.1) is 0 Å². The summed E-state index contributed by atoms with van der Waals surface area (Å²) in [6, 6.07) is 6.47. The van der Waals surface area contributed by atoms with E-state index < -0.39 is 10.0 Å². The summed E-state index contributed by atoms with van der Waals surface area (Å²) in [4.78, 5) is 21.6. The molecule has 0 radical (unpaired) electrons. The van der Waals surface area contributed by atoms with Crippen LogP contribution in [0.4, 0.5) is 11.6 Å². The van der Waals surface area contributed by atoms with Gasteiger partial charge in [0.1, 0.15) is 0 Å². The van der Waals surface area contributed by atoms with Crippen molar-refractivity contribution in [1.82, 2.24) is 9.97 Å². The predicted octanol–water partition coefficient (Wildman–Crippen LogP) is 1.60. The smallest absolute Gasteiger partial charge is 0.266 e. The molecule has 0 spiro atoms. The van der Waals surface area contributed by atoms with Crippen molar-refractivity contribution in [3.05, 3.63) is 42.2 Å². The summed E-state index contributed by atoms with van der Waals surface area (Å²) in [5.41, 5.74) is 1.62. The second-order valence-electron chi connectivity index (χ2n) is 5.75. The predicted molar refractivity (Wildman–Crippen MR) is 90.4 cm³/mol. The number of aromatic nitrogens is 2. The summed E-state index contributed by atoms with van der Waals surface area (Å²) in [6.07, 6.45) is 3.61. The van der Waals surface area contributed by atoms with Crippen LogP contribution in [-0.2, 0) is 21.2 Å². The molecule has 0 saturated heterocycles. The number of sulfonamides is 1. The molecule has 24 heavy (non-hydrogen) atoms. The number of hydrogen-bond acceptors (Lipinski definition) is 5. The van der Waals surface area contributed by atoms with Gasteiger partial charge in [0.25, 0.3) is 10.0 Å². The van der Waals surface area contributed by atoms with Crippen molar-refractivity contribution in [3.8, 4) is 0 Å². The molecule has 0 fully saturated rings. The first-order valence-electron chi connectivity index (χ1n) is 7.51. The van der Waals surface area contributed by atoms with E-state index in [4.69, 9.17) is 0 Å². The molecule has 8 heteroatoms. The number of anilines is 2. The van der Waals surface area contributed by atoms with E-state index in [0.29, 0.717) is 6.42 Å². The fourth-order valence-electron chi connectivity index (χ4n) is 2.97. The van der Waals surface area contributed by atoms with Crippen LogP contribution in [0.15, 0.2) is 41.6 Å². The summed E-state index contributed by atoms with van der Waals surface area (Å²) < 4.78 is 26.6. The van der Waals surface area contributed by atoms with Gasteiger partial charge >= 0.3 is 0 Å². The number of rotatable bonds is 3. The Morgan fingerprint density at radius 1 is 1.29 bits per heavy atom. The number of benzene rings is 1. The Balaban J connectivity index is 2.00. The molecular weight excluding hydrogens is 328 g/mol. The SMILES string of the molecule is CC(=O)N1c2ccc(S(=O)(=O)N(C)c3ncccn3)cc2CC1C. The lowest BCUT2D eigenvalue weighted by Crippen LogP contribution is -2.33. The van der Waals surface area contributed by atoms with Crippen LogP contribution in [0, 0.1) is 0 Å². The van der Waals surface area contributed by atoms with E-state index in [-0.39, 0.29) is 22.8 Å². The second kappa shape index (κ2) is 5.86. The van der Waals surface area contributed by atoms with E-state index in [9.17, 15) is 13.2 Å². The lowest BCUT2D eigenvalue weighted by molar-refractivity contribution is -0.116. The van der Waals surface area contributed by atoms with Crippen LogP contribution in [0.5, 0.6) is 0 Å². The highest BCUT2D eigenvalue weighted by Crippen LogP contribution is 2.34. The zero-order valence-electron chi connectivity index (χ0n) is 13.7. The quantitative estimate of drug-likeness (QED) is 0.843. The third-order valence-electron chi connectivity index (χ3n) is 4.10. The van der Waals surface area contributed by atoms with Gasteiger partial charge < -0.3 is 4.90 Å².